The number of fused-ring (bicyclic) bond motifs is 1. The number of nitrogens with one attached hydrogen (secondary N) is 1. The van der Waals surface area contributed by atoms with Gasteiger partial charge in [0.15, 0.2) is 0 Å². The molecule has 4 nitrogen and oxygen atoms in total. The molecule has 5 atom stereocenters. The first-order valence-electron chi connectivity index (χ1n) is 7.63. The normalized spacial score (nSPS) is 35.9. The minimum atomic E-state index is -0.209. The predicted molar refractivity (Wildman–Crippen MR) is 77.6 cm³/mol. The lowest BCUT2D eigenvalue weighted by Gasteiger charge is -2.24. The molecule has 2 aliphatic carbocycles. The molecule has 1 aromatic carbocycles. The standard InChI is InChI=1S/C17H19NO3/c1-8-3-4-9(2)12(5-8)18-16(19)14-10-6-11-13(7-10)21-17(20)15(11)14/h3-5,10-11,13-15H,6-7H2,1-2H3,(H,18,19). The van der Waals surface area contributed by atoms with Crippen molar-refractivity contribution in [3.8, 4) is 0 Å². The van der Waals surface area contributed by atoms with Crippen LogP contribution in [0.4, 0.5) is 5.69 Å². The Hall–Kier alpha value is -1.84. The van der Waals surface area contributed by atoms with Crippen LogP contribution in [0.25, 0.3) is 0 Å². The van der Waals surface area contributed by atoms with Gasteiger partial charge in [0.1, 0.15) is 6.10 Å². The number of hydrogen-bond donors (Lipinski definition) is 1. The van der Waals surface area contributed by atoms with Crippen LogP contribution in [0, 0.1) is 37.5 Å². The summed E-state index contributed by atoms with van der Waals surface area (Å²) in [5.41, 5.74) is 3.01. The highest BCUT2D eigenvalue weighted by Gasteiger charge is 2.63. The molecule has 1 N–H and O–H groups in total. The monoisotopic (exact) mass is 285 g/mol. The molecule has 0 aromatic heterocycles. The third kappa shape index (κ3) is 1.81. The van der Waals surface area contributed by atoms with E-state index in [1.54, 1.807) is 0 Å². The number of anilines is 1. The molecule has 110 valence electrons. The van der Waals surface area contributed by atoms with Crippen molar-refractivity contribution in [2.75, 3.05) is 5.32 Å². The fourth-order valence-electron chi connectivity index (χ4n) is 4.45. The SMILES string of the molecule is Cc1ccc(C)c(NC(=O)C2C3CC4OC(=O)C2C4C3)c1. The van der Waals surface area contributed by atoms with Gasteiger partial charge in [-0.15, -0.1) is 0 Å². The number of carbonyl (C=O) groups excluding carboxylic acids is 2. The Labute approximate surface area is 123 Å². The summed E-state index contributed by atoms with van der Waals surface area (Å²) in [6.07, 6.45) is 1.90. The number of carbonyl (C=O) groups is 2. The number of hydrogen-bond acceptors (Lipinski definition) is 3. The zero-order valence-electron chi connectivity index (χ0n) is 12.3. The van der Waals surface area contributed by atoms with Gasteiger partial charge >= 0.3 is 5.97 Å². The van der Waals surface area contributed by atoms with E-state index in [-0.39, 0.29) is 35.7 Å². The van der Waals surface area contributed by atoms with Crippen LogP contribution in [0.2, 0.25) is 0 Å². The maximum atomic E-state index is 12.7. The Morgan fingerprint density at radius 1 is 1.29 bits per heavy atom. The second-order valence-corrected chi connectivity index (χ2v) is 6.73. The van der Waals surface area contributed by atoms with E-state index in [1.807, 2.05) is 32.0 Å². The molecule has 21 heavy (non-hydrogen) atoms. The number of amides is 1. The highest BCUT2D eigenvalue weighted by Crippen LogP contribution is 2.57. The third-order valence-electron chi connectivity index (χ3n) is 5.44. The van der Waals surface area contributed by atoms with Gasteiger partial charge in [0.2, 0.25) is 5.91 Å². The van der Waals surface area contributed by atoms with E-state index in [1.165, 1.54) is 0 Å². The summed E-state index contributed by atoms with van der Waals surface area (Å²) in [5.74, 6) is -0.0111. The van der Waals surface area contributed by atoms with Gasteiger partial charge in [0.25, 0.3) is 0 Å². The molecule has 2 bridgehead atoms. The van der Waals surface area contributed by atoms with Crippen molar-refractivity contribution in [3.63, 3.8) is 0 Å². The molecule has 1 amide bonds. The van der Waals surface area contributed by atoms with E-state index in [0.717, 1.165) is 29.7 Å². The van der Waals surface area contributed by atoms with Gasteiger partial charge in [0, 0.05) is 11.6 Å². The van der Waals surface area contributed by atoms with Gasteiger partial charge in [-0.3, -0.25) is 9.59 Å². The smallest absolute Gasteiger partial charge is 0.310 e. The molecular weight excluding hydrogens is 266 g/mol. The number of esters is 1. The lowest BCUT2D eigenvalue weighted by atomic mass is 9.79. The van der Waals surface area contributed by atoms with Crippen molar-refractivity contribution in [2.45, 2.75) is 32.8 Å². The van der Waals surface area contributed by atoms with Crippen molar-refractivity contribution < 1.29 is 14.3 Å². The molecule has 5 unspecified atom stereocenters. The number of benzene rings is 1. The fourth-order valence-corrected chi connectivity index (χ4v) is 4.45. The molecule has 0 radical (unpaired) electrons. The minimum Gasteiger partial charge on any atom is -0.462 e. The first-order valence-corrected chi connectivity index (χ1v) is 7.63. The maximum Gasteiger partial charge on any atom is 0.310 e. The van der Waals surface area contributed by atoms with Crippen molar-refractivity contribution in [1.29, 1.82) is 0 Å². The first-order chi connectivity index (χ1) is 10.0. The van der Waals surface area contributed by atoms with Crippen LogP contribution in [0.5, 0.6) is 0 Å². The Balaban J connectivity index is 1.58. The number of aryl methyl sites for hydroxylation is 2. The van der Waals surface area contributed by atoms with Crippen LogP contribution >= 0.6 is 0 Å². The molecule has 1 aliphatic heterocycles. The van der Waals surface area contributed by atoms with Crippen LogP contribution in [0.3, 0.4) is 0 Å². The molecule has 3 fully saturated rings. The molecular formula is C17H19NO3. The summed E-state index contributed by atoms with van der Waals surface area (Å²) in [5, 5.41) is 3.03. The van der Waals surface area contributed by atoms with E-state index in [0.29, 0.717) is 5.92 Å². The van der Waals surface area contributed by atoms with Crippen LogP contribution in [0.1, 0.15) is 24.0 Å². The molecule has 1 saturated heterocycles. The van der Waals surface area contributed by atoms with Crippen LogP contribution in [-0.2, 0) is 14.3 Å². The first kappa shape index (κ1) is 12.9. The molecule has 4 rings (SSSR count). The van der Waals surface area contributed by atoms with Gasteiger partial charge in [-0.25, -0.2) is 0 Å². The zero-order chi connectivity index (χ0) is 14.7. The van der Waals surface area contributed by atoms with E-state index in [9.17, 15) is 9.59 Å². The Morgan fingerprint density at radius 3 is 2.90 bits per heavy atom. The van der Waals surface area contributed by atoms with Crippen LogP contribution in [0.15, 0.2) is 18.2 Å². The molecule has 2 saturated carbocycles. The Kier molecular flexibility index (Phi) is 2.65. The topological polar surface area (TPSA) is 55.4 Å². The van der Waals surface area contributed by atoms with Gasteiger partial charge in [0.05, 0.1) is 11.8 Å². The van der Waals surface area contributed by atoms with Crippen molar-refractivity contribution in [2.24, 2.45) is 23.7 Å². The average molecular weight is 285 g/mol. The van der Waals surface area contributed by atoms with E-state index in [4.69, 9.17) is 4.74 Å². The summed E-state index contributed by atoms with van der Waals surface area (Å²) in [6.45, 7) is 3.99. The molecule has 1 aromatic rings. The van der Waals surface area contributed by atoms with Crippen molar-refractivity contribution in [1.82, 2.24) is 0 Å². The lowest BCUT2D eigenvalue weighted by molar-refractivity contribution is -0.145. The highest BCUT2D eigenvalue weighted by molar-refractivity contribution is 5.97. The fraction of sp³-hybridized carbons (Fsp3) is 0.529. The van der Waals surface area contributed by atoms with Crippen LogP contribution < -0.4 is 5.32 Å². The summed E-state index contributed by atoms with van der Waals surface area (Å²) in [4.78, 5) is 24.7. The van der Waals surface area contributed by atoms with Crippen molar-refractivity contribution >= 4 is 17.6 Å². The minimum absolute atomic E-state index is 0.0153. The molecule has 1 heterocycles. The Bertz CT molecular complexity index is 637. The summed E-state index contributed by atoms with van der Waals surface area (Å²) in [6, 6.07) is 6.02. The molecule has 0 spiro atoms. The van der Waals surface area contributed by atoms with E-state index in [2.05, 4.69) is 5.32 Å². The van der Waals surface area contributed by atoms with Crippen molar-refractivity contribution in [3.05, 3.63) is 29.3 Å². The summed E-state index contributed by atoms with van der Waals surface area (Å²) >= 11 is 0. The number of rotatable bonds is 2. The highest BCUT2D eigenvalue weighted by atomic mass is 16.6. The average Bonchev–Trinajstić information content (AvgIpc) is 3.03. The quantitative estimate of drug-likeness (QED) is 0.849. The van der Waals surface area contributed by atoms with E-state index < -0.39 is 0 Å². The van der Waals surface area contributed by atoms with Gasteiger partial charge in [-0.05, 0) is 49.8 Å². The number of ether oxygens (including phenoxy) is 1. The lowest BCUT2D eigenvalue weighted by Crippen LogP contribution is -2.36. The third-order valence-corrected chi connectivity index (χ3v) is 5.44. The molecule has 3 aliphatic rings. The van der Waals surface area contributed by atoms with Gasteiger partial charge in [-0.1, -0.05) is 12.1 Å². The van der Waals surface area contributed by atoms with Crippen LogP contribution in [-0.4, -0.2) is 18.0 Å². The molecule has 4 heteroatoms. The van der Waals surface area contributed by atoms with Gasteiger partial charge < -0.3 is 10.1 Å². The second kappa shape index (κ2) is 4.33. The summed E-state index contributed by atoms with van der Waals surface area (Å²) in [7, 11) is 0. The Morgan fingerprint density at radius 2 is 2.10 bits per heavy atom. The zero-order valence-corrected chi connectivity index (χ0v) is 12.3. The largest absolute Gasteiger partial charge is 0.462 e. The second-order valence-electron chi connectivity index (χ2n) is 6.73. The maximum absolute atomic E-state index is 12.7. The predicted octanol–water partition coefficient (Wildman–Crippen LogP) is 2.44. The van der Waals surface area contributed by atoms with E-state index >= 15 is 0 Å². The van der Waals surface area contributed by atoms with Gasteiger partial charge in [-0.2, -0.15) is 0 Å². The summed E-state index contributed by atoms with van der Waals surface area (Å²) < 4.78 is 5.39.